The summed E-state index contributed by atoms with van der Waals surface area (Å²) in [5, 5.41) is 7.39. The Balaban J connectivity index is 2.06. The molecule has 5 nitrogen and oxygen atoms in total. The van der Waals surface area contributed by atoms with Crippen molar-refractivity contribution in [3.05, 3.63) is 29.8 Å². The molecule has 98 valence electrons. The van der Waals surface area contributed by atoms with Gasteiger partial charge in [0.05, 0.1) is 12.1 Å². The zero-order valence-electron chi connectivity index (χ0n) is 11.3. The standard InChI is InChI=1S/C14H16N4O/c1-15-13-8-12(18(3)16-13)9-4-5-11-10(6-9)7-14(19)17(11)2/h4-6,8H,7H2,1-3H3,(H,15,16). The highest BCUT2D eigenvalue weighted by molar-refractivity contribution is 6.01. The lowest BCUT2D eigenvalue weighted by atomic mass is 10.1. The Bertz CT molecular complexity index is 659. The van der Waals surface area contributed by atoms with Crippen LogP contribution in [0.25, 0.3) is 11.3 Å². The van der Waals surface area contributed by atoms with Gasteiger partial charge in [0.15, 0.2) is 0 Å². The number of rotatable bonds is 2. The molecule has 2 heterocycles. The fourth-order valence-electron chi connectivity index (χ4n) is 2.49. The molecule has 0 saturated heterocycles. The van der Waals surface area contributed by atoms with Crippen molar-refractivity contribution in [3.63, 3.8) is 0 Å². The van der Waals surface area contributed by atoms with E-state index in [2.05, 4.69) is 16.5 Å². The monoisotopic (exact) mass is 256 g/mol. The normalized spacial score (nSPS) is 13.8. The van der Waals surface area contributed by atoms with Gasteiger partial charge in [-0.15, -0.1) is 0 Å². The lowest BCUT2D eigenvalue weighted by molar-refractivity contribution is -0.117. The minimum atomic E-state index is 0.146. The summed E-state index contributed by atoms with van der Waals surface area (Å²) in [5.41, 5.74) is 4.20. The van der Waals surface area contributed by atoms with E-state index in [4.69, 9.17) is 0 Å². The van der Waals surface area contributed by atoms with Gasteiger partial charge in [0.2, 0.25) is 5.91 Å². The first kappa shape index (κ1) is 11.8. The van der Waals surface area contributed by atoms with E-state index in [0.717, 1.165) is 28.3 Å². The zero-order valence-corrected chi connectivity index (χ0v) is 11.3. The summed E-state index contributed by atoms with van der Waals surface area (Å²) >= 11 is 0. The highest BCUT2D eigenvalue weighted by Gasteiger charge is 2.24. The molecule has 1 N–H and O–H groups in total. The Kier molecular flexibility index (Phi) is 2.55. The third kappa shape index (κ3) is 1.78. The molecule has 0 radical (unpaired) electrons. The molecular formula is C14H16N4O. The van der Waals surface area contributed by atoms with Gasteiger partial charge in [-0.05, 0) is 17.7 Å². The quantitative estimate of drug-likeness (QED) is 0.888. The van der Waals surface area contributed by atoms with Gasteiger partial charge < -0.3 is 10.2 Å². The Labute approximate surface area is 111 Å². The Hall–Kier alpha value is -2.30. The number of hydrogen-bond donors (Lipinski definition) is 1. The maximum atomic E-state index is 11.7. The Morgan fingerprint density at radius 3 is 2.74 bits per heavy atom. The number of benzene rings is 1. The molecule has 1 aliphatic heterocycles. The maximum Gasteiger partial charge on any atom is 0.231 e. The maximum absolute atomic E-state index is 11.7. The smallest absolute Gasteiger partial charge is 0.231 e. The fourth-order valence-corrected chi connectivity index (χ4v) is 2.49. The summed E-state index contributed by atoms with van der Waals surface area (Å²) in [6.07, 6.45) is 0.483. The highest BCUT2D eigenvalue weighted by atomic mass is 16.2. The number of carbonyl (C=O) groups excluding carboxylic acids is 1. The van der Waals surface area contributed by atoms with Crippen molar-refractivity contribution in [1.82, 2.24) is 9.78 Å². The van der Waals surface area contributed by atoms with Gasteiger partial charge in [-0.25, -0.2) is 0 Å². The van der Waals surface area contributed by atoms with E-state index < -0.39 is 0 Å². The van der Waals surface area contributed by atoms with Crippen LogP contribution in [0.3, 0.4) is 0 Å². The van der Waals surface area contributed by atoms with Crippen LogP contribution in [0, 0.1) is 0 Å². The predicted molar refractivity (Wildman–Crippen MR) is 75.3 cm³/mol. The number of hydrogen-bond acceptors (Lipinski definition) is 3. The molecule has 1 amide bonds. The fraction of sp³-hybridized carbons (Fsp3) is 0.286. The zero-order chi connectivity index (χ0) is 13.6. The number of aromatic nitrogens is 2. The van der Waals surface area contributed by atoms with Crippen LogP contribution in [0.15, 0.2) is 24.3 Å². The van der Waals surface area contributed by atoms with E-state index in [1.807, 2.05) is 44.0 Å². The van der Waals surface area contributed by atoms with E-state index >= 15 is 0 Å². The molecule has 19 heavy (non-hydrogen) atoms. The second kappa shape index (κ2) is 4.12. The van der Waals surface area contributed by atoms with Crippen molar-refractivity contribution in [2.45, 2.75) is 6.42 Å². The number of aryl methyl sites for hydroxylation is 1. The summed E-state index contributed by atoms with van der Waals surface area (Å²) < 4.78 is 1.84. The number of nitrogens with one attached hydrogen (secondary N) is 1. The van der Waals surface area contributed by atoms with Gasteiger partial charge in [-0.3, -0.25) is 9.48 Å². The molecule has 5 heteroatoms. The van der Waals surface area contributed by atoms with E-state index in [-0.39, 0.29) is 5.91 Å². The molecule has 0 aliphatic carbocycles. The Morgan fingerprint density at radius 1 is 1.26 bits per heavy atom. The molecule has 1 aromatic carbocycles. The first-order chi connectivity index (χ1) is 9.10. The summed E-state index contributed by atoms with van der Waals surface area (Å²) in [5.74, 6) is 0.985. The summed E-state index contributed by atoms with van der Waals surface area (Å²) in [7, 11) is 5.58. The second-order valence-electron chi connectivity index (χ2n) is 4.76. The van der Waals surface area contributed by atoms with E-state index in [0.29, 0.717) is 6.42 Å². The highest BCUT2D eigenvalue weighted by Crippen LogP contribution is 2.32. The Morgan fingerprint density at radius 2 is 2.05 bits per heavy atom. The van der Waals surface area contributed by atoms with Crippen LogP contribution < -0.4 is 10.2 Å². The molecule has 2 aromatic rings. The molecule has 0 unspecified atom stereocenters. The molecule has 1 aromatic heterocycles. The number of likely N-dealkylation sites (N-methyl/N-ethyl adjacent to an activating group) is 1. The lowest BCUT2D eigenvalue weighted by Gasteiger charge is -2.10. The van der Waals surface area contributed by atoms with Crippen LogP contribution in [-0.4, -0.2) is 29.8 Å². The minimum Gasteiger partial charge on any atom is -0.372 e. The molecule has 3 rings (SSSR count). The number of anilines is 2. The topological polar surface area (TPSA) is 50.2 Å². The van der Waals surface area contributed by atoms with Crippen molar-refractivity contribution >= 4 is 17.4 Å². The summed E-state index contributed by atoms with van der Waals surface area (Å²) in [4.78, 5) is 13.4. The first-order valence-corrected chi connectivity index (χ1v) is 6.22. The minimum absolute atomic E-state index is 0.146. The molecule has 0 atom stereocenters. The number of carbonyl (C=O) groups is 1. The molecule has 0 saturated carbocycles. The van der Waals surface area contributed by atoms with Crippen molar-refractivity contribution in [2.75, 3.05) is 24.3 Å². The van der Waals surface area contributed by atoms with Gasteiger partial charge in [0.25, 0.3) is 0 Å². The van der Waals surface area contributed by atoms with Crippen LogP contribution in [0.5, 0.6) is 0 Å². The van der Waals surface area contributed by atoms with Crippen LogP contribution in [0.4, 0.5) is 11.5 Å². The largest absolute Gasteiger partial charge is 0.372 e. The van der Waals surface area contributed by atoms with E-state index in [9.17, 15) is 4.79 Å². The molecule has 1 aliphatic rings. The average Bonchev–Trinajstić information content (AvgIpc) is 2.91. The molecule has 0 bridgehead atoms. The SMILES string of the molecule is CNc1cc(-c2ccc3c(c2)CC(=O)N3C)n(C)n1. The van der Waals surface area contributed by atoms with Crippen molar-refractivity contribution in [2.24, 2.45) is 7.05 Å². The molecular weight excluding hydrogens is 240 g/mol. The van der Waals surface area contributed by atoms with Crippen molar-refractivity contribution < 1.29 is 4.79 Å². The van der Waals surface area contributed by atoms with Crippen LogP contribution in [0.2, 0.25) is 0 Å². The van der Waals surface area contributed by atoms with Crippen molar-refractivity contribution in [3.8, 4) is 11.3 Å². The molecule has 0 spiro atoms. The number of amides is 1. The van der Waals surface area contributed by atoms with Crippen LogP contribution >= 0.6 is 0 Å². The van der Waals surface area contributed by atoms with Crippen LogP contribution in [-0.2, 0) is 18.3 Å². The first-order valence-electron chi connectivity index (χ1n) is 6.22. The number of nitrogens with zero attached hydrogens (tertiary/aromatic N) is 3. The predicted octanol–water partition coefficient (Wildman–Crippen LogP) is 1.65. The van der Waals surface area contributed by atoms with E-state index in [1.165, 1.54) is 0 Å². The van der Waals surface area contributed by atoms with Gasteiger partial charge >= 0.3 is 0 Å². The van der Waals surface area contributed by atoms with Gasteiger partial charge in [0.1, 0.15) is 5.82 Å². The third-order valence-electron chi connectivity index (χ3n) is 3.59. The van der Waals surface area contributed by atoms with Gasteiger partial charge in [-0.2, -0.15) is 5.10 Å². The van der Waals surface area contributed by atoms with E-state index in [1.54, 1.807) is 4.90 Å². The van der Waals surface area contributed by atoms with Crippen LogP contribution in [0.1, 0.15) is 5.56 Å². The van der Waals surface area contributed by atoms with Gasteiger partial charge in [-0.1, -0.05) is 6.07 Å². The third-order valence-corrected chi connectivity index (χ3v) is 3.59. The van der Waals surface area contributed by atoms with Gasteiger partial charge in [0, 0.05) is 38.5 Å². The summed E-state index contributed by atoms with van der Waals surface area (Å²) in [6, 6.07) is 8.11. The van der Waals surface area contributed by atoms with Crippen molar-refractivity contribution in [1.29, 1.82) is 0 Å². The lowest BCUT2D eigenvalue weighted by Crippen LogP contribution is -2.20. The molecule has 0 fully saturated rings. The second-order valence-corrected chi connectivity index (χ2v) is 4.76. The summed E-state index contributed by atoms with van der Waals surface area (Å²) in [6.45, 7) is 0. The number of fused-ring (bicyclic) bond motifs is 1. The average molecular weight is 256 g/mol.